The minimum absolute atomic E-state index is 0.0834. The van der Waals surface area contributed by atoms with E-state index in [-0.39, 0.29) is 17.8 Å². The molecule has 6 heteroatoms. The number of Topliss-reactive ketones (excluding diaryl/α,β-unsaturated/α-hetero) is 1. The van der Waals surface area contributed by atoms with Crippen LogP contribution >= 0.6 is 11.8 Å². The number of carbonyl (C=O) groups excluding carboxylic acids is 1. The van der Waals surface area contributed by atoms with Gasteiger partial charge in [0, 0.05) is 17.9 Å². The smallest absolute Gasteiger partial charge is 0.237 e. The van der Waals surface area contributed by atoms with E-state index >= 15 is 0 Å². The Bertz CT molecular complexity index is 429. The average molecular weight is 268 g/mol. The highest BCUT2D eigenvalue weighted by molar-refractivity contribution is 7.99. The van der Waals surface area contributed by atoms with Gasteiger partial charge in [0.05, 0.1) is 12.5 Å². The summed E-state index contributed by atoms with van der Waals surface area (Å²) in [6.45, 7) is 0.724. The molecule has 0 aromatic carbocycles. The largest absolute Gasteiger partial charge is 0.368 e. The van der Waals surface area contributed by atoms with Crippen molar-refractivity contribution in [3.8, 4) is 0 Å². The molecule has 0 N–H and O–H groups in total. The molecule has 1 aliphatic heterocycles. The van der Waals surface area contributed by atoms with Crippen LogP contribution in [0.15, 0.2) is 4.52 Å². The van der Waals surface area contributed by atoms with E-state index in [1.54, 1.807) is 0 Å². The normalized spacial score (nSPS) is 29.4. The van der Waals surface area contributed by atoms with Crippen LogP contribution in [0.5, 0.6) is 0 Å². The summed E-state index contributed by atoms with van der Waals surface area (Å²) >= 11 is 1.83. The van der Waals surface area contributed by atoms with Crippen molar-refractivity contribution in [3.63, 3.8) is 0 Å². The molecule has 2 aliphatic rings. The first kappa shape index (κ1) is 12.2. The molecule has 1 aromatic rings. The number of carbonyl (C=O) groups is 1. The van der Waals surface area contributed by atoms with Gasteiger partial charge in [-0.2, -0.15) is 16.7 Å². The highest BCUT2D eigenvalue weighted by atomic mass is 32.2. The van der Waals surface area contributed by atoms with E-state index in [9.17, 15) is 4.79 Å². The summed E-state index contributed by atoms with van der Waals surface area (Å²) in [6, 6.07) is 0. The number of aromatic nitrogens is 2. The maximum absolute atomic E-state index is 11.8. The predicted octanol–water partition coefficient (Wildman–Crippen LogP) is 2.10. The second-order valence-electron chi connectivity index (χ2n) is 4.69. The van der Waals surface area contributed by atoms with E-state index in [0.717, 1.165) is 37.4 Å². The van der Waals surface area contributed by atoms with Gasteiger partial charge < -0.3 is 9.26 Å². The number of thioether (sulfide) groups is 1. The molecule has 1 aliphatic carbocycles. The minimum atomic E-state index is -0.184. The number of ether oxygens (including phenoxy) is 1. The number of hydrogen-bond acceptors (Lipinski definition) is 6. The van der Waals surface area contributed by atoms with Gasteiger partial charge >= 0.3 is 0 Å². The quantitative estimate of drug-likeness (QED) is 0.818. The third-order valence-corrected chi connectivity index (χ3v) is 4.41. The van der Waals surface area contributed by atoms with E-state index < -0.39 is 0 Å². The molecule has 2 atom stereocenters. The van der Waals surface area contributed by atoms with Gasteiger partial charge in [-0.15, -0.1) is 0 Å². The molecule has 1 aromatic heterocycles. The molecule has 0 bridgehead atoms. The summed E-state index contributed by atoms with van der Waals surface area (Å²) in [5.41, 5.74) is 0. The predicted molar refractivity (Wildman–Crippen MR) is 66.5 cm³/mol. The van der Waals surface area contributed by atoms with E-state index in [4.69, 9.17) is 9.26 Å². The van der Waals surface area contributed by atoms with E-state index in [2.05, 4.69) is 10.1 Å². The topological polar surface area (TPSA) is 65.2 Å². The Hall–Kier alpha value is -0.880. The highest BCUT2D eigenvalue weighted by Crippen LogP contribution is 2.31. The second kappa shape index (κ2) is 5.40. The van der Waals surface area contributed by atoms with E-state index in [1.165, 1.54) is 0 Å². The van der Waals surface area contributed by atoms with Gasteiger partial charge in [0.1, 0.15) is 11.9 Å². The molecule has 18 heavy (non-hydrogen) atoms. The van der Waals surface area contributed by atoms with Gasteiger partial charge in [0.25, 0.3) is 0 Å². The summed E-state index contributed by atoms with van der Waals surface area (Å²) in [5.74, 6) is 3.00. The molecule has 2 unspecified atom stereocenters. The minimum Gasteiger partial charge on any atom is -0.368 e. The lowest BCUT2D eigenvalue weighted by atomic mass is 9.88. The zero-order valence-electron chi connectivity index (χ0n) is 10.1. The maximum atomic E-state index is 11.8. The standard InChI is InChI=1S/C12H16N2O3S/c15-9-4-2-1-3-8(9)12-13-11(14-17-12)10-7-18-6-5-16-10/h8,10H,1-7H2. The van der Waals surface area contributed by atoms with Crippen LogP contribution in [-0.2, 0) is 9.53 Å². The fourth-order valence-corrected chi connectivity index (χ4v) is 3.24. The van der Waals surface area contributed by atoms with Gasteiger partial charge in [-0.1, -0.05) is 11.6 Å². The second-order valence-corrected chi connectivity index (χ2v) is 5.84. The first-order chi connectivity index (χ1) is 8.84. The van der Waals surface area contributed by atoms with Crippen LogP contribution in [0.4, 0.5) is 0 Å². The molecule has 1 saturated carbocycles. The molecule has 5 nitrogen and oxygen atoms in total. The van der Waals surface area contributed by atoms with Crippen molar-refractivity contribution >= 4 is 17.5 Å². The monoisotopic (exact) mass is 268 g/mol. The Kier molecular flexibility index (Phi) is 3.65. The molecular formula is C12H16N2O3S. The first-order valence-corrected chi connectivity index (χ1v) is 7.55. The molecule has 0 radical (unpaired) electrons. The van der Waals surface area contributed by atoms with Crippen LogP contribution in [0, 0.1) is 0 Å². The SMILES string of the molecule is O=C1CCCCC1c1nc(C2CSCCO2)no1. The van der Waals surface area contributed by atoms with Crippen molar-refractivity contribution in [2.75, 3.05) is 18.1 Å². The molecule has 2 fully saturated rings. The van der Waals surface area contributed by atoms with Gasteiger partial charge in [0.15, 0.2) is 0 Å². The Morgan fingerprint density at radius 2 is 2.28 bits per heavy atom. The van der Waals surface area contributed by atoms with Crippen molar-refractivity contribution in [2.24, 2.45) is 0 Å². The highest BCUT2D eigenvalue weighted by Gasteiger charge is 2.30. The number of hydrogen-bond donors (Lipinski definition) is 0. The van der Waals surface area contributed by atoms with Gasteiger partial charge in [0.2, 0.25) is 11.7 Å². The summed E-state index contributed by atoms with van der Waals surface area (Å²) in [5, 5.41) is 3.97. The summed E-state index contributed by atoms with van der Waals surface area (Å²) in [7, 11) is 0. The van der Waals surface area contributed by atoms with Crippen molar-refractivity contribution in [2.45, 2.75) is 37.7 Å². The van der Waals surface area contributed by atoms with Crippen LogP contribution in [0.1, 0.15) is 49.4 Å². The lowest BCUT2D eigenvalue weighted by molar-refractivity contribution is -0.122. The molecular weight excluding hydrogens is 252 g/mol. The average Bonchev–Trinajstić information content (AvgIpc) is 2.90. The van der Waals surface area contributed by atoms with Crippen molar-refractivity contribution in [3.05, 3.63) is 11.7 Å². The number of rotatable bonds is 2. The van der Waals surface area contributed by atoms with Gasteiger partial charge in [-0.25, -0.2) is 0 Å². The molecule has 3 rings (SSSR count). The summed E-state index contributed by atoms with van der Waals surface area (Å²) < 4.78 is 10.9. The lowest BCUT2D eigenvalue weighted by Gasteiger charge is -2.19. The van der Waals surface area contributed by atoms with Crippen LogP contribution in [0.25, 0.3) is 0 Å². The van der Waals surface area contributed by atoms with Crippen molar-refractivity contribution < 1.29 is 14.1 Å². The molecule has 2 heterocycles. The van der Waals surface area contributed by atoms with Crippen LogP contribution in [-0.4, -0.2) is 34.0 Å². The Morgan fingerprint density at radius 1 is 1.33 bits per heavy atom. The third-order valence-electron chi connectivity index (χ3n) is 3.41. The maximum Gasteiger partial charge on any atom is 0.237 e. The van der Waals surface area contributed by atoms with Crippen LogP contribution < -0.4 is 0 Å². The molecule has 98 valence electrons. The van der Waals surface area contributed by atoms with E-state index in [0.29, 0.717) is 18.1 Å². The zero-order valence-corrected chi connectivity index (χ0v) is 10.9. The van der Waals surface area contributed by atoms with Crippen molar-refractivity contribution in [1.82, 2.24) is 10.1 Å². The number of ketones is 1. The summed E-state index contributed by atoms with van der Waals surface area (Å²) in [6.07, 6.45) is 3.43. The third kappa shape index (κ3) is 2.44. The van der Waals surface area contributed by atoms with Crippen LogP contribution in [0.3, 0.4) is 0 Å². The molecule has 0 amide bonds. The fraction of sp³-hybridized carbons (Fsp3) is 0.750. The van der Waals surface area contributed by atoms with Gasteiger partial charge in [-0.3, -0.25) is 4.79 Å². The molecule has 1 saturated heterocycles. The Labute approximate surface area is 110 Å². The first-order valence-electron chi connectivity index (χ1n) is 6.40. The van der Waals surface area contributed by atoms with E-state index in [1.807, 2.05) is 11.8 Å². The fourth-order valence-electron chi connectivity index (χ4n) is 2.40. The Balaban J connectivity index is 1.73. The van der Waals surface area contributed by atoms with Crippen molar-refractivity contribution in [1.29, 1.82) is 0 Å². The lowest BCUT2D eigenvalue weighted by Crippen LogP contribution is -2.18. The Morgan fingerprint density at radius 3 is 3.06 bits per heavy atom. The van der Waals surface area contributed by atoms with Crippen LogP contribution in [0.2, 0.25) is 0 Å². The zero-order chi connectivity index (χ0) is 12.4. The van der Waals surface area contributed by atoms with Gasteiger partial charge in [-0.05, 0) is 12.8 Å². The molecule has 0 spiro atoms. The summed E-state index contributed by atoms with van der Waals surface area (Å²) in [4.78, 5) is 16.2. The number of nitrogens with zero attached hydrogens (tertiary/aromatic N) is 2.